The first kappa shape index (κ1) is 18.9. The molecule has 1 unspecified atom stereocenters. The summed E-state index contributed by atoms with van der Waals surface area (Å²) in [5.74, 6) is 0. The molecule has 0 amide bonds. The van der Waals surface area contributed by atoms with Gasteiger partial charge in [0.15, 0.2) is 0 Å². The van der Waals surface area contributed by atoms with Gasteiger partial charge in [0.05, 0.1) is 0 Å². The van der Waals surface area contributed by atoms with Gasteiger partial charge in [-0.2, -0.15) is 4.31 Å². The van der Waals surface area contributed by atoms with Crippen molar-refractivity contribution in [1.82, 2.24) is 9.21 Å². The number of halogens is 1. The van der Waals surface area contributed by atoms with E-state index in [-0.39, 0.29) is 0 Å². The molecule has 0 spiro atoms. The number of benzene rings is 1. The maximum Gasteiger partial charge on any atom is 0.252 e. The summed E-state index contributed by atoms with van der Waals surface area (Å²) < 4.78 is 28.1. The van der Waals surface area contributed by atoms with Gasteiger partial charge >= 0.3 is 0 Å². The van der Waals surface area contributed by atoms with Crippen LogP contribution in [-0.4, -0.2) is 50.8 Å². The van der Waals surface area contributed by atoms with E-state index in [0.29, 0.717) is 28.4 Å². The highest BCUT2D eigenvalue weighted by molar-refractivity contribution is 7.91. The number of nitrogens with zero attached hydrogens (tertiary/aromatic N) is 2. The van der Waals surface area contributed by atoms with Gasteiger partial charge in [0.25, 0.3) is 10.0 Å². The molecule has 1 aromatic heterocycles. The molecule has 4 nitrogen and oxygen atoms in total. The third-order valence-corrected chi connectivity index (χ3v) is 8.44. The summed E-state index contributed by atoms with van der Waals surface area (Å²) in [6.45, 7) is 1.18. The Morgan fingerprint density at radius 3 is 2.48 bits per heavy atom. The molecule has 0 bridgehead atoms. The Bertz CT molecular complexity index is 816. The first-order valence-electron chi connectivity index (χ1n) is 8.40. The quantitative estimate of drug-likeness (QED) is 0.775. The minimum absolute atomic E-state index is 0.417. The van der Waals surface area contributed by atoms with Gasteiger partial charge in [0, 0.05) is 29.0 Å². The summed E-state index contributed by atoms with van der Waals surface area (Å²) in [6.07, 6.45) is 2.82. The second-order valence-electron chi connectivity index (χ2n) is 6.58. The van der Waals surface area contributed by atoms with E-state index in [0.717, 1.165) is 29.7 Å². The molecule has 3 rings (SSSR count). The molecule has 25 heavy (non-hydrogen) atoms. The highest BCUT2D eigenvalue weighted by Crippen LogP contribution is 2.33. The van der Waals surface area contributed by atoms with Gasteiger partial charge < -0.3 is 4.90 Å². The second kappa shape index (κ2) is 7.76. The van der Waals surface area contributed by atoms with Gasteiger partial charge in [0.1, 0.15) is 4.21 Å². The van der Waals surface area contributed by atoms with E-state index in [1.165, 1.54) is 11.3 Å². The van der Waals surface area contributed by atoms with E-state index in [4.69, 9.17) is 11.6 Å². The van der Waals surface area contributed by atoms with Gasteiger partial charge in [-0.05, 0) is 63.2 Å². The van der Waals surface area contributed by atoms with Crippen LogP contribution in [0.2, 0.25) is 5.02 Å². The standard InChI is InChI=1S/C18H23ClN2O2S2/c1-20(2)16-4-3-12-21(13-11-16)25(22,23)18-10-9-17(24-18)14-5-7-15(19)8-6-14/h5-10,16H,3-4,11-13H2,1-2H3. The predicted octanol–water partition coefficient (Wildman–Crippen LogP) is 4.17. The molecule has 7 heteroatoms. The monoisotopic (exact) mass is 398 g/mol. The molecule has 0 saturated carbocycles. The van der Waals surface area contributed by atoms with Gasteiger partial charge in [0.2, 0.25) is 0 Å². The molecule has 0 N–H and O–H groups in total. The highest BCUT2D eigenvalue weighted by atomic mass is 35.5. The second-order valence-corrected chi connectivity index (χ2v) is 10.3. The normalized spacial score (nSPS) is 19.9. The van der Waals surface area contributed by atoms with Crippen LogP contribution in [0.25, 0.3) is 10.4 Å². The zero-order chi connectivity index (χ0) is 18.0. The Hall–Kier alpha value is -0.920. The topological polar surface area (TPSA) is 40.6 Å². The van der Waals surface area contributed by atoms with Crippen molar-refractivity contribution in [2.24, 2.45) is 0 Å². The molecule has 2 aromatic rings. The molecular formula is C18H23ClN2O2S2. The lowest BCUT2D eigenvalue weighted by atomic mass is 10.1. The smallest absolute Gasteiger partial charge is 0.252 e. The molecule has 1 fully saturated rings. The molecule has 1 saturated heterocycles. The highest BCUT2D eigenvalue weighted by Gasteiger charge is 2.29. The SMILES string of the molecule is CN(C)C1CCCN(S(=O)(=O)c2ccc(-c3ccc(Cl)cc3)s2)CC1. The van der Waals surface area contributed by atoms with Crippen molar-refractivity contribution in [1.29, 1.82) is 0 Å². The largest absolute Gasteiger partial charge is 0.306 e. The van der Waals surface area contributed by atoms with Gasteiger partial charge in [-0.1, -0.05) is 23.7 Å². The van der Waals surface area contributed by atoms with E-state index in [2.05, 4.69) is 19.0 Å². The number of rotatable bonds is 4. The van der Waals surface area contributed by atoms with Crippen molar-refractivity contribution in [3.05, 3.63) is 41.4 Å². The van der Waals surface area contributed by atoms with Gasteiger partial charge in [-0.3, -0.25) is 0 Å². The molecular weight excluding hydrogens is 376 g/mol. The average molecular weight is 399 g/mol. The van der Waals surface area contributed by atoms with E-state index in [1.807, 2.05) is 30.3 Å². The lowest BCUT2D eigenvalue weighted by Crippen LogP contribution is -2.33. The summed E-state index contributed by atoms with van der Waals surface area (Å²) in [4.78, 5) is 3.14. The molecule has 1 atom stereocenters. The summed E-state index contributed by atoms with van der Waals surface area (Å²) in [6, 6.07) is 11.5. The minimum atomic E-state index is -3.42. The molecule has 136 valence electrons. The van der Waals surface area contributed by atoms with Crippen molar-refractivity contribution in [2.75, 3.05) is 27.2 Å². The lowest BCUT2D eigenvalue weighted by molar-refractivity contribution is 0.268. The Kier molecular flexibility index (Phi) is 5.85. The van der Waals surface area contributed by atoms with E-state index < -0.39 is 10.0 Å². The zero-order valence-electron chi connectivity index (χ0n) is 14.5. The van der Waals surface area contributed by atoms with E-state index >= 15 is 0 Å². The average Bonchev–Trinajstić information content (AvgIpc) is 2.93. The van der Waals surface area contributed by atoms with Crippen LogP contribution in [-0.2, 0) is 10.0 Å². The van der Waals surface area contributed by atoms with Crippen molar-refractivity contribution in [3.8, 4) is 10.4 Å². The molecule has 1 aromatic carbocycles. The summed E-state index contributed by atoms with van der Waals surface area (Å²) in [7, 11) is 0.701. The number of sulfonamides is 1. The fourth-order valence-corrected chi connectivity index (χ4v) is 6.25. The van der Waals surface area contributed by atoms with E-state index in [9.17, 15) is 8.42 Å². The van der Waals surface area contributed by atoms with Crippen LogP contribution in [0.5, 0.6) is 0 Å². The van der Waals surface area contributed by atoms with Crippen LogP contribution in [0.4, 0.5) is 0 Å². The van der Waals surface area contributed by atoms with E-state index in [1.54, 1.807) is 10.4 Å². The first-order valence-corrected chi connectivity index (χ1v) is 11.0. The van der Waals surface area contributed by atoms with Crippen LogP contribution < -0.4 is 0 Å². The number of hydrogen-bond donors (Lipinski definition) is 0. The Labute approximate surface area is 159 Å². The molecule has 0 aliphatic carbocycles. The van der Waals surface area contributed by atoms with Crippen molar-refractivity contribution in [2.45, 2.75) is 29.5 Å². The fourth-order valence-electron chi connectivity index (χ4n) is 3.16. The maximum atomic E-state index is 13.0. The number of hydrogen-bond acceptors (Lipinski definition) is 4. The van der Waals surface area contributed by atoms with Gasteiger partial charge in [-0.15, -0.1) is 11.3 Å². The fraction of sp³-hybridized carbons (Fsp3) is 0.444. The van der Waals surface area contributed by atoms with Crippen molar-refractivity contribution in [3.63, 3.8) is 0 Å². The summed E-state index contributed by atoms with van der Waals surface area (Å²) in [5, 5.41) is 0.674. The molecule has 0 radical (unpaired) electrons. The minimum Gasteiger partial charge on any atom is -0.306 e. The van der Waals surface area contributed by atoms with Gasteiger partial charge in [-0.25, -0.2) is 8.42 Å². The maximum absolute atomic E-state index is 13.0. The predicted molar refractivity (Wildman–Crippen MR) is 105 cm³/mol. The van der Waals surface area contributed by atoms with Crippen molar-refractivity contribution < 1.29 is 8.42 Å². The van der Waals surface area contributed by atoms with Crippen LogP contribution in [0, 0.1) is 0 Å². The Balaban J connectivity index is 1.80. The number of thiophene rings is 1. The summed E-state index contributed by atoms with van der Waals surface area (Å²) >= 11 is 7.25. The van der Waals surface area contributed by atoms with Crippen molar-refractivity contribution >= 4 is 33.0 Å². The Morgan fingerprint density at radius 1 is 1.08 bits per heavy atom. The van der Waals surface area contributed by atoms with Crippen LogP contribution in [0.15, 0.2) is 40.6 Å². The summed E-state index contributed by atoms with van der Waals surface area (Å²) in [5.41, 5.74) is 0.986. The third kappa shape index (κ3) is 4.26. The van der Waals surface area contributed by atoms with Crippen LogP contribution >= 0.6 is 22.9 Å². The third-order valence-electron chi connectivity index (χ3n) is 4.69. The molecule has 2 heterocycles. The van der Waals surface area contributed by atoms with Crippen LogP contribution in [0.3, 0.4) is 0 Å². The first-order chi connectivity index (χ1) is 11.9. The molecule has 1 aliphatic rings. The molecule has 1 aliphatic heterocycles. The zero-order valence-corrected chi connectivity index (χ0v) is 16.9. The Morgan fingerprint density at radius 2 is 1.80 bits per heavy atom. The van der Waals surface area contributed by atoms with Crippen LogP contribution in [0.1, 0.15) is 19.3 Å². The lowest BCUT2D eigenvalue weighted by Gasteiger charge is -2.22.